The standard InChI is InChI=1S/C15H23BrN2O2/c1-4-13(17)10-11-9-12(16)5-6-14(11)20-8-7-15(19)18(2)3/h5-6,9,13H,4,7-8,10,17H2,1-3H3. The van der Waals surface area contributed by atoms with E-state index in [2.05, 4.69) is 22.9 Å². The number of hydrogen-bond acceptors (Lipinski definition) is 3. The summed E-state index contributed by atoms with van der Waals surface area (Å²) in [7, 11) is 3.49. The smallest absolute Gasteiger partial charge is 0.225 e. The van der Waals surface area contributed by atoms with Gasteiger partial charge >= 0.3 is 0 Å². The third kappa shape index (κ3) is 5.51. The fraction of sp³-hybridized carbons (Fsp3) is 0.533. The van der Waals surface area contributed by atoms with Gasteiger partial charge in [0.05, 0.1) is 13.0 Å². The van der Waals surface area contributed by atoms with Crippen molar-refractivity contribution in [3.63, 3.8) is 0 Å². The van der Waals surface area contributed by atoms with Crippen molar-refractivity contribution in [2.45, 2.75) is 32.2 Å². The van der Waals surface area contributed by atoms with Crippen molar-refractivity contribution in [3.8, 4) is 5.75 Å². The Kier molecular flexibility index (Phi) is 7.02. The number of amides is 1. The zero-order chi connectivity index (χ0) is 15.1. The number of halogens is 1. The van der Waals surface area contributed by atoms with Gasteiger partial charge in [-0.3, -0.25) is 4.79 Å². The molecule has 0 aliphatic rings. The van der Waals surface area contributed by atoms with Crippen LogP contribution in [0, 0.1) is 0 Å². The Bertz CT molecular complexity index is 449. The van der Waals surface area contributed by atoms with Crippen molar-refractivity contribution in [2.24, 2.45) is 5.73 Å². The van der Waals surface area contributed by atoms with Crippen molar-refractivity contribution in [3.05, 3.63) is 28.2 Å². The van der Waals surface area contributed by atoms with E-state index in [-0.39, 0.29) is 11.9 Å². The van der Waals surface area contributed by atoms with Crippen LogP contribution in [-0.4, -0.2) is 37.6 Å². The Morgan fingerprint density at radius 3 is 2.75 bits per heavy atom. The third-order valence-corrected chi connectivity index (χ3v) is 3.59. The van der Waals surface area contributed by atoms with E-state index in [9.17, 15) is 4.79 Å². The summed E-state index contributed by atoms with van der Waals surface area (Å²) in [5, 5.41) is 0. The number of nitrogens with zero attached hydrogens (tertiary/aromatic N) is 1. The predicted octanol–water partition coefficient (Wildman–Crippen LogP) is 2.59. The van der Waals surface area contributed by atoms with Gasteiger partial charge in [-0.05, 0) is 36.6 Å². The molecule has 1 rings (SSSR count). The molecular weight excluding hydrogens is 320 g/mol. The van der Waals surface area contributed by atoms with Gasteiger partial charge in [0, 0.05) is 24.6 Å². The van der Waals surface area contributed by atoms with E-state index in [1.165, 1.54) is 0 Å². The number of ether oxygens (including phenoxy) is 1. The average Bonchev–Trinajstić information content (AvgIpc) is 2.40. The van der Waals surface area contributed by atoms with Gasteiger partial charge in [0.1, 0.15) is 5.75 Å². The predicted molar refractivity (Wildman–Crippen MR) is 84.9 cm³/mol. The molecule has 0 spiro atoms. The molecule has 20 heavy (non-hydrogen) atoms. The van der Waals surface area contributed by atoms with E-state index in [0.29, 0.717) is 13.0 Å². The number of nitrogens with two attached hydrogens (primary N) is 1. The first-order valence-corrected chi connectivity index (χ1v) is 7.60. The summed E-state index contributed by atoms with van der Waals surface area (Å²) >= 11 is 3.46. The summed E-state index contributed by atoms with van der Waals surface area (Å²) < 4.78 is 6.74. The van der Waals surface area contributed by atoms with Crippen LogP contribution in [0.3, 0.4) is 0 Å². The minimum atomic E-state index is 0.0638. The molecule has 1 unspecified atom stereocenters. The van der Waals surface area contributed by atoms with Gasteiger partial charge in [0.15, 0.2) is 0 Å². The summed E-state index contributed by atoms with van der Waals surface area (Å²) in [5.74, 6) is 0.873. The second kappa shape index (κ2) is 8.27. The largest absolute Gasteiger partial charge is 0.493 e. The molecule has 1 aromatic rings. The zero-order valence-electron chi connectivity index (χ0n) is 12.4. The molecule has 0 bridgehead atoms. The lowest BCUT2D eigenvalue weighted by atomic mass is 10.0. The number of carbonyl (C=O) groups excluding carboxylic acids is 1. The van der Waals surface area contributed by atoms with Crippen LogP contribution in [0.5, 0.6) is 5.75 Å². The molecule has 0 aliphatic heterocycles. The van der Waals surface area contributed by atoms with Gasteiger partial charge in [-0.1, -0.05) is 22.9 Å². The van der Waals surface area contributed by atoms with Gasteiger partial charge in [-0.2, -0.15) is 0 Å². The molecule has 0 aromatic heterocycles. The lowest BCUT2D eigenvalue weighted by Gasteiger charge is -2.15. The number of carbonyl (C=O) groups is 1. The van der Waals surface area contributed by atoms with Gasteiger partial charge in [0.2, 0.25) is 5.91 Å². The molecular formula is C15H23BrN2O2. The molecule has 0 heterocycles. The van der Waals surface area contributed by atoms with Crippen LogP contribution in [0.15, 0.2) is 22.7 Å². The zero-order valence-corrected chi connectivity index (χ0v) is 13.9. The van der Waals surface area contributed by atoms with Gasteiger partial charge in [-0.15, -0.1) is 0 Å². The third-order valence-electron chi connectivity index (χ3n) is 3.10. The van der Waals surface area contributed by atoms with Gasteiger partial charge in [-0.25, -0.2) is 0 Å². The first kappa shape index (κ1) is 17.0. The molecule has 0 saturated heterocycles. The Hall–Kier alpha value is -1.07. The van der Waals surface area contributed by atoms with Crippen LogP contribution >= 0.6 is 15.9 Å². The molecule has 1 atom stereocenters. The van der Waals surface area contributed by atoms with Crippen LogP contribution in [0.2, 0.25) is 0 Å². The highest BCUT2D eigenvalue weighted by Crippen LogP contribution is 2.25. The Balaban J connectivity index is 2.66. The SMILES string of the molecule is CCC(N)Cc1cc(Br)ccc1OCCC(=O)N(C)C. The van der Waals surface area contributed by atoms with Crippen molar-refractivity contribution in [1.82, 2.24) is 4.90 Å². The first-order chi connectivity index (χ1) is 9.43. The second-order valence-electron chi connectivity index (χ2n) is 5.01. The average molecular weight is 343 g/mol. The molecule has 1 amide bonds. The minimum absolute atomic E-state index is 0.0638. The van der Waals surface area contributed by atoms with Crippen molar-refractivity contribution in [1.29, 1.82) is 0 Å². The highest BCUT2D eigenvalue weighted by molar-refractivity contribution is 9.10. The van der Waals surface area contributed by atoms with Gasteiger partial charge < -0.3 is 15.4 Å². The molecule has 4 nitrogen and oxygen atoms in total. The molecule has 1 aromatic carbocycles. The van der Waals surface area contributed by atoms with Crippen LogP contribution in [0.25, 0.3) is 0 Å². The topological polar surface area (TPSA) is 55.6 Å². The summed E-state index contributed by atoms with van der Waals surface area (Å²) in [6.07, 6.45) is 2.07. The molecule has 2 N–H and O–H groups in total. The van der Waals surface area contributed by atoms with Crippen molar-refractivity contribution >= 4 is 21.8 Å². The maximum absolute atomic E-state index is 11.5. The van der Waals surface area contributed by atoms with Crippen LogP contribution in [0.1, 0.15) is 25.3 Å². The van der Waals surface area contributed by atoms with E-state index in [0.717, 1.165) is 28.6 Å². The van der Waals surface area contributed by atoms with E-state index < -0.39 is 0 Å². The number of rotatable bonds is 7. The van der Waals surface area contributed by atoms with Crippen molar-refractivity contribution < 1.29 is 9.53 Å². The summed E-state index contributed by atoms with van der Waals surface area (Å²) in [4.78, 5) is 13.1. The molecule has 0 fully saturated rings. The van der Waals surface area contributed by atoms with Crippen LogP contribution in [0.4, 0.5) is 0 Å². The van der Waals surface area contributed by atoms with E-state index in [1.807, 2.05) is 18.2 Å². The highest BCUT2D eigenvalue weighted by Gasteiger charge is 2.10. The normalized spacial score (nSPS) is 12.1. The fourth-order valence-corrected chi connectivity index (χ4v) is 2.16. The Labute approximate surface area is 129 Å². The minimum Gasteiger partial charge on any atom is -0.493 e. The second-order valence-corrected chi connectivity index (χ2v) is 5.93. The Morgan fingerprint density at radius 1 is 1.45 bits per heavy atom. The van der Waals surface area contributed by atoms with E-state index >= 15 is 0 Å². The molecule has 0 radical (unpaired) electrons. The summed E-state index contributed by atoms with van der Waals surface area (Å²) in [6.45, 7) is 2.45. The van der Waals surface area contributed by atoms with E-state index in [4.69, 9.17) is 10.5 Å². The fourth-order valence-electron chi connectivity index (χ4n) is 1.75. The monoisotopic (exact) mass is 342 g/mol. The quantitative estimate of drug-likeness (QED) is 0.828. The van der Waals surface area contributed by atoms with Crippen molar-refractivity contribution in [2.75, 3.05) is 20.7 Å². The maximum atomic E-state index is 11.5. The first-order valence-electron chi connectivity index (χ1n) is 6.81. The highest BCUT2D eigenvalue weighted by atomic mass is 79.9. The van der Waals surface area contributed by atoms with Crippen LogP contribution in [-0.2, 0) is 11.2 Å². The molecule has 0 saturated carbocycles. The van der Waals surface area contributed by atoms with E-state index in [1.54, 1.807) is 19.0 Å². The molecule has 5 heteroatoms. The molecule has 112 valence electrons. The molecule has 0 aliphatic carbocycles. The Morgan fingerprint density at radius 2 is 2.15 bits per heavy atom. The summed E-state index contributed by atoms with van der Waals surface area (Å²) in [5.41, 5.74) is 7.08. The lowest BCUT2D eigenvalue weighted by Crippen LogP contribution is -2.24. The summed E-state index contributed by atoms with van der Waals surface area (Å²) in [6, 6.07) is 6.00. The maximum Gasteiger partial charge on any atom is 0.225 e. The lowest BCUT2D eigenvalue weighted by molar-refractivity contribution is -0.129. The number of benzene rings is 1. The number of hydrogen-bond donors (Lipinski definition) is 1. The van der Waals surface area contributed by atoms with Crippen LogP contribution < -0.4 is 10.5 Å². The van der Waals surface area contributed by atoms with Gasteiger partial charge in [0.25, 0.3) is 0 Å².